The first-order chi connectivity index (χ1) is 13.0. The summed E-state index contributed by atoms with van der Waals surface area (Å²) in [5.74, 6) is -0.201. The van der Waals surface area contributed by atoms with Crippen molar-refractivity contribution in [2.75, 3.05) is 24.3 Å². The van der Waals surface area contributed by atoms with Gasteiger partial charge in [0.2, 0.25) is 0 Å². The van der Waals surface area contributed by atoms with Crippen molar-refractivity contribution in [3.63, 3.8) is 0 Å². The van der Waals surface area contributed by atoms with Gasteiger partial charge in [0, 0.05) is 30.4 Å². The van der Waals surface area contributed by atoms with Gasteiger partial charge >= 0.3 is 0 Å². The van der Waals surface area contributed by atoms with Crippen molar-refractivity contribution in [1.82, 2.24) is 9.78 Å². The van der Waals surface area contributed by atoms with Crippen LogP contribution in [0.3, 0.4) is 0 Å². The third-order valence-electron chi connectivity index (χ3n) is 4.83. The van der Waals surface area contributed by atoms with Crippen LogP contribution in [0.4, 0.5) is 11.4 Å². The number of rotatable bonds is 4. The fourth-order valence-corrected chi connectivity index (χ4v) is 3.75. The van der Waals surface area contributed by atoms with Crippen LogP contribution in [0.5, 0.6) is 0 Å². The number of amides is 1. The third-order valence-corrected chi connectivity index (χ3v) is 5.07. The molecule has 0 radical (unpaired) electrons. The molecule has 3 aromatic rings. The molecule has 0 saturated carbocycles. The molecule has 27 heavy (non-hydrogen) atoms. The Bertz CT molecular complexity index is 995. The first kappa shape index (κ1) is 17.6. The highest BCUT2D eigenvalue weighted by Crippen LogP contribution is 2.31. The number of halogens is 1. The second kappa shape index (κ2) is 7.08. The first-order valence-electron chi connectivity index (χ1n) is 8.99. The van der Waals surface area contributed by atoms with Crippen LogP contribution in [0.15, 0.2) is 48.5 Å². The molecule has 1 aliphatic rings. The van der Waals surface area contributed by atoms with Crippen molar-refractivity contribution >= 4 is 28.9 Å². The molecule has 0 atom stereocenters. The van der Waals surface area contributed by atoms with Crippen LogP contribution >= 0.6 is 11.6 Å². The Kier molecular flexibility index (Phi) is 4.62. The molecule has 1 aliphatic carbocycles. The van der Waals surface area contributed by atoms with E-state index in [4.69, 9.17) is 11.6 Å². The smallest absolute Gasteiger partial charge is 0.276 e. The minimum atomic E-state index is -0.201. The number of nitrogens with zero attached hydrogens (tertiary/aromatic N) is 3. The zero-order valence-electron chi connectivity index (χ0n) is 15.4. The molecular formula is C21H21ClN4O. The van der Waals surface area contributed by atoms with E-state index in [1.54, 1.807) is 6.07 Å². The van der Waals surface area contributed by atoms with Crippen molar-refractivity contribution in [3.8, 4) is 5.69 Å². The zero-order chi connectivity index (χ0) is 19.0. The highest BCUT2D eigenvalue weighted by molar-refractivity contribution is 6.31. The number of anilines is 2. The summed E-state index contributed by atoms with van der Waals surface area (Å²) < 4.78 is 1.90. The normalized spacial score (nSPS) is 12.7. The van der Waals surface area contributed by atoms with Crippen LogP contribution in [0.1, 0.15) is 28.2 Å². The van der Waals surface area contributed by atoms with E-state index in [2.05, 4.69) is 10.4 Å². The van der Waals surface area contributed by atoms with Gasteiger partial charge < -0.3 is 10.2 Å². The van der Waals surface area contributed by atoms with Gasteiger partial charge in [-0.3, -0.25) is 4.79 Å². The fourth-order valence-electron chi connectivity index (χ4n) is 3.58. The van der Waals surface area contributed by atoms with E-state index in [0.717, 1.165) is 41.9 Å². The standard InChI is InChI=1S/C21H21ClN4O/c1-25(2)19-12-11-14(22)13-17(19)23-21(27)20-16-9-6-10-18(16)26(24-20)15-7-4-3-5-8-15/h3-5,7-8,11-13H,6,9-10H2,1-2H3,(H,23,27). The van der Waals surface area contributed by atoms with E-state index in [9.17, 15) is 4.79 Å². The van der Waals surface area contributed by atoms with E-state index in [1.165, 1.54) is 0 Å². The Morgan fingerprint density at radius 1 is 1.15 bits per heavy atom. The monoisotopic (exact) mass is 380 g/mol. The van der Waals surface area contributed by atoms with Gasteiger partial charge in [-0.05, 0) is 49.6 Å². The van der Waals surface area contributed by atoms with Crippen LogP contribution in [0.25, 0.3) is 5.69 Å². The SMILES string of the molecule is CN(C)c1ccc(Cl)cc1NC(=O)c1nn(-c2ccccc2)c2c1CCC2. The summed E-state index contributed by atoms with van der Waals surface area (Å²) in [6.07, 6.45) is 2.85. The maximum absolute atomic E-state index is 13.1. The number of aromatic nitrogens is 2. The molecule has 0 aliphatic heterocycles. The number of carbonyl (C=O) groups excluding carboxylic acids is 1. The molecule has 1 N–H and O–H groups in total. The van der Waals surface area contributed by atoms with Crippen LogP contribution < -0.4 is 10.2 Å². The van der Waals surface area contributed by atoms with E-state index < -0.39 is 0 Å². The average Bonchev–Trinajstić information content (AvgIpc) is 3.24. The van der Waals surface area contributed by atoms with Crippen molar-refractivity contribution in [2.45, 2.75) is 19.3 Å². The van der Waals surface area contributed by atoms with Crippen molar-refractivity contribution in [2.24, 2.45) is 0 Å². The number of fused-ring (bicyclic) bond motifs is 1. The van der Waals surface area contributed by atoms with Gasteiger partial charge in [-0.1, -0.05) is 29.8 Å². The van der Waals surface area contributed by atoms with Crippen LogP contribution in [-0.4, -0.2) is 29.8 Å². The largest absolute Gasteiger partial charge is 0.376 e. The van der Waals surface area contributed by atoms with Crippen LogP contribution in [0, 0.1) is 0 Å². The van der Waals surface area contributed by atoms with Crippen LogP contribution in [-0.2, 0) is 12.8 Å². The molecule has 0 fully saturated rings. The molecule has 138 valence electrons. The summed E-state index contributed by atoms with van der Waals surface area (Å²) in [7, 11) is 3.86. The van der Waals surface area contributed by atoms with Crippen molar-refractivity contribution in [1.29, 1.82) is 0 Å². The maximum Gasteiger partial charge on any atom is 0.276 e. The number of hydrogen-bond donors (Lipinski definition) is 1. The van der Waals surface area contributed by atoms with E-state index >= 15 is 0 Å². The summed E-state index contributed by atoms with van der Waals surface area (Å²) >= 11 is 6.14. The number of hydrogen-bond acceptors (Lipinski definition) is 3. The molecule has 1 heterocycles. The lowest BCUT2D eigenvalue weighted by atomic mass is 10.2. The second-order valence-corrected chi connectivity index (χ2v) is 7.32. The Morgan fingerprint density at radius 3 is 2.67 bits per heavy atom. The Labute approximate surface area is 163 Å². The molecule has 4 rings (SSSR count). The van der Waals surface area contributed by atoms with Gasteiger partial charge in [-0.15, -0.1) is 0 Å². The van der Waals surface area contributed by atoms with Gasteiger partial charge in [0.05, 0.1) is 17.1 Å². The fraction of sp³-hybridized carbons (Fsp3) is 0.238. The maximum atomic E-state index is 13.1. The molecule has 0 saturated heterocycles. The minimum Gasteiger partial charge on any atom is -0.376 e. The Hall–Kier alpha value is -2.79. The number of para-hydroxylation sites is 1. The van der Waals surface area contributed by atoms with Crippen LogP contribution in [0.2, 0.25) is 5.02 Å². The highest BCUT2D eigenvalue weighted by atomic mass is 35.5. The molecule has 2 aromatic carbocycles. The van der Waals surface area contributed by atoms with Gasteiger partial charge in [0.25, 0.3) is 5.91 Å². The second-order valence-electron chi connectivity index (χ2n) is 6.88. The minimum absolute atomic E-state index is 0.201. The summed E-state index contributed by atoms with van der Waals surface area (Å²) in [4.78, 5) is 15.0. The first-order valence-corrected chi connectivity index (χ1v) is 9.37. The predicted octanol–water partition coefficient (Wildman–Crippen LogP) is 4.33. The molecular weight excluding hydrogens is 360 g/mol. The molecule has 5 nitrogen and oxygen atoms in total. The lowest BCUT2D eigenvalue weighted by Gasteiger charge is -2.18. The molecule has 1 aromatic heterocycles. The van der Waals surface area contributed by atoms with Gasteiger partial charge in [0.1, 0.15) is 0 Å². The van der Waals surface area contributed by atoms with E-state index in [1.807, 2.05) is 66.1 Å². The number of benzene rings is 2. The summed E-state index contributed by atoms with van der Waals surface area (Å²) in [6.45, 7) is 0. The Balaban J connectivity index is 1.71. The molecule has 0 unspecified atom stereocenters. The Morgan fingerprint density at radius 2 is 1.93 bits per heavy atom. The molecule has 0 bridgehead atoms. The van der Waals surface area contributed by atoms with Gasteiger partial charge in [0.15, 0.2) is 5.69 Å². The number of carbonyl (C=O) groups is 1. The highest BCUT2D eigenvalue weighted by Gasteiger charge is 2.27. The topological polar surface area (TPSA) is 50.2 Å². The summed E-state index contributed by atoms with van der Waals surface area (Å²) in [5.41, 5.74) is 5.22. The van der Waals surface area contributed by atoms with Crippen molar-refractivity contribution < 1.29 is 4.79 Å². The molecule has 0 spiro atoms. The van der Waals surface area contributed by atoms with Crippen molar-refractivity contribution in [3.05, 3.63) is 70.5 Å². The zero-order valence-corrected chi connectivity index (χ0v) is 16.1. The molecule has 1 amide bonds. The van der Waals surface area contributed by atoms with E-state index in [0.29, 0.717) is 16.4 Å². The summed E-state index contributed by atoms with van der Waals surface area (Å²) in [6, 6.07) is 15.4. The quantitative estimate of drug-likeness (QED) is 0.732. The average molecular weight is 381 g/mol. The third kappa shape index (κ3) is 3.30. The summed E-state index contributed by atoms with van der Waals surface area (Å²) in [5, 5.41) is 8.24. The van der Waals surface area contributed by atoms with E-state index in [-0.39, 0.29) is 5.91 Å². The molecule has 6 heteroatoms. The lowest BCUT2D eigenvalue weighted by Crippen LogP contribution is -2.18. The number of nitrogens with one attached hydrogen (secondary N) is 1. The van der Waals surface area contributed by atoms with Gasteiger partial charge in [-0.2, -0.15) is 5.10 Å². The van der Waals surface area contributed by atoms with Gasteiger partial charge in [-0.25, -0.2) is 4.68 Å². The lowest BCUT2D eigenvalue weighted by molar-refractivity contribution is 0.102. The predicted molar refractivity (Wildman–Crippen MR) is 109 cm³/mol.